The zero-order chi connectivity index (χ0) is 25.3. The molecule has 2 aromatic carbocycles. The summed E-state index contributed by atoms with van der Waals surface area (Å²) < 4.78 is 60.8. The Morgan fingerprint density at radius 1 is 1.06 bits per heavy atom. The van der Waals surface area contributed by atoms with Crippen molar-refractivity contribution in [2.24, 2.45) is 11.8 Å². The van der Waals surface area contributed by atoms with Gasteiger partial charge < -0.3 is 4.74 Å². The van der Waals surface area contributed by atoms with Gasteiger partial charge in [0.15, 0.2) is 0 Å². The highest BCUT2D eigenvalue weighted by Crippen LogP contribution is 2.56. The number of fused-ring (bicyclic) bond motifs is 5. The number of alkyl halides is 1. The molecule has 0 spiro atoms. The van der Waals surface area contributed by atoms with Gasteiger partial charge in [0.1, 0.15) is 12.5 Å². The SMILES string of the molecule is C[C@]12CN(S(=O)(=O)c3ccc(F)cc3)C[C@](C)(O1)[C@@H]1C(=O)N(c3ccc(C#N)c(CF)c3)C(=O)[C@@H]12. The van der Waals surface area contributed by atoms with Gasteiger partial charge in [-0.2, -0.15) is 9.57 Å². The van der Waals surface area contributed by atoms with Crippen LogP contribution in [0.2, 0.25) is 0 Å². The molecule has 3 fully saturated rings. The normalized spacial score (nSPS) is 30.4. The molecule has 0 unspecified atom stereocenters. The van der Waals surface area contributed by atoms with Gasteiger partial charge in [0, 0.05) is 18.7 Å². The lowest BCUT2D eigenvalue weighted by molar-refractivity contribution is -0.157. The maximum atomic E-state index is 13.6. The van der Waals surface area contributed by atoms with Crippen LogP contribution in [0.3, 0.4) is 0 Å². The number of nitrogens with zero attached hydrogens (tertiary/aromatic N) is 3. The molecule has 3 heterocycles. The van der Waals surface area contributed by atoms with Crippen LogP contribution in [0.4, 0.5) is 14.5 Å². The summed E-state index contributed by atoms with van der Waals surface area (Å²) in [6.07, 6.45) is 0. The molecule has 3 aliphatic heterocycles. The molecule has 2 amide bonds. The number of carbonyl (C=O) groups excluding carboxylic acids is 2. The first-order chi connectivity index (χ1) is 16.4. The van der Waals surface area contributed by atoms with Crippen molar-refractivity contribution in [2.75, 3.05) is 18.0 Å². The van der Waals surface area contributed by atoms with Gasteiger partial charge in [-0.25, -0.2) is 22.1 Å². The van der Waals surface area contributed by atoms with Crippen molar-refractivity contribution in [2.45, 2.75) is 36.6 Å². The minimum absolute atomic E-state index is 0.0630. The Balaban J connectivity index is 1.52. The zero-order valence-corrected chi connectivity index (χ0v) is 19.7. The lowest BCUT2D eigenvalue weighted by atomic mass is 9.79. The number of anilines is 1. The molecule has 3 aliphatic rings. The molecule has 0 saturated carbocycles. The summed E-state index contributed by atoms with van der Waals surface area (Å²) in [6.45, 7) is 1.90. The van der Waals surface area contributed by atoms with Gasteiger partial charge in [-0.05, 0) is 56.3 Å². The van der Waals surface area contributed by atoms with E-state index in [1.807, 2.05) is 6.07 Å². The number of ether oxygens (including phenoxy) is 1. The second-order valence-electron chi connectivity index (χ2n) is 9.51. The number of rotatable bonds is 4. The predicted octanol–water partition coefficient (Wildman–Crippen LogP) is 2.52. The molecule has 182 valence electrons. The summed E-state index contributed by atoms with van der Waals surface area (Å²) in [7, 11) is -4.05. The standard InChI is InChI=1S/C24H21F2N3O5S/c1-23-12-28(35(32,33)18-7-4-16(26)5-8-18)13-24(2,34-23)20-19(23)21(30)29(22(20)31)17-6-3-14(11-27)15(9-17)10-25/h3-9,19-20H,10,12-13H2,1-2H3/t19-,20+,23-,24+. The van der Waals surface area contributed by atoms with E-state index in [2.05, 4.69) is 0 Å². The van der Waals surface area contributed by atoms with Gasteiger partial charge in [-0.1, -0.05) is 0 Å². The average molecular weight is 502 g/mol. The van der Waals surface area contributed by atoms with Gasteiger partial charge in [0.2, 0.25) is 21.8 Å². The van der Waals surface area contributed by atoms with E-state index in [-0.39, 0.29) is 34.8 Å². The summed E-state index contributed by atoms with van der Waals surface area (Å²) in [5.41, 5.74) is -2.28. The molecule has 2 bridgehead atoms. The number of halogens is 2. The largest absolute Gasteiger partial charge is 0.365 e. The summed E-state index contributed by atoms with van der Waals surface area (Å²) >= 11 is 0. The van der Waals surface area contributed by atoms with Crippen molar-refractivity contribution in [1.82, 2.24) is 4.31 Å². The van der Waals surface area contributed by atoms with Crippen LogP contribution in [0, 0.1) is 29.0 Å². The Bertz CT molecular complexity index is 1370. The molecule has 11 heteroatoms. The molecule has 35 heavy (non-hydrogen) atoms. The number of hydrogen-bond acceptors (Lipinski definition) is 6. The summed E-state index contributed by atoms with van der Waals surface area (Å²) in [4.78, 5) is 28.0. The van der Waals surface area contributed by atoms with Gasteiger partial charge in [0.25, 0.3) is 0 Å². The highest BCUT2D eigenvalue weighted by Gasteiger charge is 2.72. The first kappa shape index (κ1) is 23.5. The third kappa shape index (κ3) is 3.31. The topological polar surface area (TPSA) is 108 Å². The molecule has 2 aromatic rings. The molecule has 0 radical (unpaired) electrons. The minimum atomic E-state index is -4.05. The number of nitriles is 1. The lowest BCUT2D eigenvalue weighted by Crippen LogP contribution is -2.59. The van der Waals surface area contributed by atoms with Crippen LogP contribution in [-0.4, -0.2) is 48.8 Å². The van der Waals surface area contributed by atoms with Crippen LogP contribution in [-0.2, 0) is 31.0 Å². The van der Waals surface area contributed by atoms with Crippen LogP contribution >= 0.6 is 0 Å². The van der Waals surface area contributed by atoms with Crippen molar-refractivity contribution < 1.29 is 31.5 Å². The molecule has 0 aromatic heterocycles. The first-order valence-corrected chi connectivity index (χ1v) is 12.3. The van der Waals surface area contributed by atoms with Gasteiger partial charge in [0.05, 0.1) is 45.3 Å². The van der Waals surface area contributed by atoms with Crippen LogP contribution in [0.15, 0.2) is 47.4 Å². The minimum Gasteiger partial charge on any atom is -0.365 e. The van der Waals surface area contributed by atoms with Crippen molar-refractivity contribution in [3.05, 3.63) is 59.4 Å². The Morgan fingerprint density at radius 2 is 1.63 bits per heavy atom. The van der Waals surface area contributed by atoms with Gasteiger partial charge in [-0.15, -0.1) is 0 Å². The number of imide groups is 1. The second-order valence-corrected chi connectivity index (χ2v) is 11.4. The van der Waals surface area contributed by atoms with Crippen molar-refractivity contribution >= 4 is 27.5 Å². The highest BCUT2D eigenvalue weighted by atomic mass is 32.2. The predicted molar refractivity (Wildman–Crippen MR) is 118 cm³/mol. The summed E-state index contributed by atoms with van der Waals surface area (Å²) in [6, 6.07) is 10.4. The van der Waals surface area contributed by atoms with Crippen LogP contribution < -0.4 is 4.90 Å². The second kappa shape index (κ2) is 7.65. The van der Waals surface area contributed by atoms with E-state index >= 15 is 0 Å². The third-order valence-electron chi connectivity index (χ3n) is 7.13. The number of carbonyl (C=O) groups is 2. The maximum Gasteiger partial charge on any atom is 0.243 e. The third-order valence-corrected chi connectivity index (χ3v) is 8.94. The highest BCUT2D eigenvalue weighted by molar-refractivity contribution is 7.89. The fraction of sp³-hybridized carbons (Fsp3) is 0.375. The van der Waals surface area contributed by atoms with Gasteiger partial charge in [-0.3, -0.25) is 9.59 Å². The molecule has 8 nitrogen and oxygen atoms in total. The van der Waals surface area contributed by atoms with Crippen LogP contribution in [0.25, 0.3) is 0 Å². The molecule has 3 saturated heterocycles. The fourth-order valence-electron chi connectivity index (χ4n) is 5.70. The Labute approximate surface area is 200 Å². The van der Waals surface area contributed by atoms with Crippen molar-refractivity contribution in [3.63, 3.8) is 0 Å². The van der Waals surface area contributed by atoms with Crippen molar-refractivity contribution in [1.29, 1.82) is 5.26 Å². The number of sulfonamides is 1. The Morgan fingerprint density at radius 3 is 2.14 bits per heavy atom. The number of benzene rings is 2. The zero-order valence-electron chi connectivity index (χ0n) is 18.9. The molecular weight excluding hydrogens is 480 g/mol. The molecule has 5 rings (SSSR count). The molecule has 0 aliphatic carbocycles. The summed E-state index contributed by atoms with van der Waals surface area (Å²) in [5.74, 6) is -3.63. The van der Waals surface area contributed by atoms with Crippen LogP contribution in [0.1, 0.15) is 25.0 Å². The lowest BCUT2D eigenvalue weighted by Gasteiger charge is -2.44. The van der Waals surface area contributed by atoms with Gasteiger partial charge >= 0.3 is 0 Å². The fourth-order valence-corrected chi connectivity index (χ4v) is 7.33. The molecule has 0 N–H and O–H groups in total. The average Bonchev–Trinajstić information content (AvgIpc) is 3.18. The number of amides is 2. The van der Waals surface area contributed by atoms with E-state index < -0.39 is 57.4 Å². The number of morpholine rings is 1. The first-order valence-electron chi connectivity index (χ1n) is 10.9. The van der Waals surface area contributed by atoms with E-state index in [9.17, 15) is 26.8 Å². The maximum absolute atomic E-state index is 13.6. The molecular formula is C24H21F2N3O5S. The van der Waals surface area contributed by atoms with Crippen molar-refractivity contribution in [3.8, 4) is 6.07 Å². The smallest absolute Gasteiger partial charge is 0.243 e. The monoisotopic (exact) mass is 501 g/mol. The van der Waals surface area contributed by atoms with E-state index in [1.54, 1.807) is 13.8 Å². The Hall–Kier alpha value is -3.20. The molecule has 4 atom stereocenters. The Kier molecular flexibility index (Phi) is 5.14. The quantitative estimate of drug-likeness (QED) is 0.596. The van der Waals surface area contributed by atoms with E-state index in [1.165, 1.54) is 34.6 Å². The van der Waals surface area contributed by atoms with Crippen LogP contribution in [0.5, 0.6) is 0 Å². The van der Waals surface area contributed by atoms with E-state index in [0.29, 0.717) is 0 Å². The summed E-state index contributed by atoms with van der Waals surface area (Å²) in [5, 5.41) is 9.15. The van der Waals surface area contributed by atoms with E-state index in [4.69, 9.17) is 10.00 Å². The van der Waals surface area contributed by atoms with E-state index in [0.717, 1.165) is 17.0 Å². The number of hydrogen-bond donors (Lipinski definition) is 0.